The summed E-state index contributed by atoms with van der Waals surface area (Å²) in [6.45, 7) is 7.35. The van der Waals surface area contributed by atoms with E-state index in [1.165, 1.54) is 18.4 Å². The molecule has 3 nitrogen and oxygen atoms in total. The van der Waals surface area contributed by atoms with Crippen molar-refractivity contribution in [2.75, 3.05) is 19.6 Å². The van der Waals surface area contributed by atoms with E-state index in [0.29, 0.717) is 24.2 Å². The van der Waals surface area contributed by atoms with Gasteiger partial charge in [0.1, 0.15) is 0 Å². The lowest BCUT2D eigenvalue weighted by Crippen LogP contribution is -2.38. The molecule has 1 fully saturated rings. The molecule has 1 aliphatic heterocycles. The van der Waals surface area contributed by atoms with Gasteiger partial charge in [-0.2, -0.15) is 0 Å². The van der Waals surface area contributed by atoms with E-state index < -0.39 is 0 Å². The van der Waals surface area contributed by atoms with Gasteiger partial charge in [-0.15, -0.1) is 12.4 Å². The van der Waals surface area contributed by atoms with Gasteiger partial charge in [0.2, 0.25) is 5.91 Å². The first-order chi connectivity index (χ1) is 10.2. The maximum atomic E-state index is 12.2. The van der Waals surface area contributed by atoms with Gasteiger partial charge in [-0.3, -0.25) is 4.79 Å². The van der Waals surface area contributed by atoms with Crippen LogP contribution in [0.3, 0.4) is 0 Å². The zero-order chi connectivity index (χ0) is 15.1. The third kappa shape index (κ3) is 5.98. The first-order valence-corrected chi connectivity index (χ1v) is 8.19. The van der Waals surface area contributed by atoms with Crippen molar-refractivity contribution in [1.29, 1.82) is 0 Å². The molecular weight excluding hydrogens is 296 g/mol. The molecule has 2 rings (SSSR count). The largest absolute Gasteiger partial charge is 0.356 e. The Morgan fingerprint density at radius 1 is 1.32 bits per heavy atom. The highest BCUT2D eigenvalue weighted by Gasteiger charge is 2.20. The van der Waals surface area contributed by atoms with Crippen LogP contribution < -0.4 is 10.6 Å². The molecule has 22 heavy (non-hydrogen) atoms. The van der Waals surface area contributed by atoms with Gasteiger partial charge in [0.15, 0.2) is 0 Å². The van der Waals surface area contributed by atoms with Crippen LogP contribution in [0.25, 0.3) is 0 Å². The molecule has 1 amide bonds. The van der Waals surface area contributed by atoms with Crippen molar-refractivity contribution < 1.29 is 4.79 Å². The molecule has 0 spiro atoms. The van der Waals surface area contributed by atoms with Crippen LogP contribution in [0.2, 0.25) is 0 Å². The van der Waals surface area contributed by atoms with Crippen molar-refractivity contribution in [3.63, 3.8) is 0 Å². The number of halogens is 1. The Kier molecular flexibility index (Phi) is 8.51. The van der Waals surface area contributed by atoms with Gasteiger partial charge in [-0.25, -0.2) is 0 Å². The van der Waals surface area contributed by atoms with Crippen molar-refractivity contribution in [3.8, 4) is 0 Å². The molecule has 2 unspecified atom stereocenters. The van der Waals surface area contributed by atoms with Crippen molar-refractivity contribution in [3.05, 3.63) is 35.9 Å². The van der Waals surface area contributed by atoms with Crippen LogP contribution in [0.5, 0.6) is 0 Å². The Balaban J connectivity index is 0.00000242. The standard InChI is InChI=1S/C18H28N2O.ClH/c1-14(2)17(16-8-4-3-5-9-16)11-18(21)20-13-15-7-6-10-19-12-15;/h3-5,8-9,14-15,17,19H,6-7,10-13H2,1-2H3,(H,20,21);1H. The minimum atomic E-state index is 0. The number of amides is 1. The SMILES string of the molecule is CC(C)C(CC(=O)NCC1CCCNC1)c1ccccc1.Cl. The number of nitrogens with one attached hydrogen (secondary N) is 2. The molecule has 0 saturated carbocycles. The molecule has 0 radical (unpaired) electrons. The highest BCUT2D eigenvalue weighted by Crippen LogP contribution is 2.27. The molecule has 0 aromatic heterocycles. The third-order valence-corrected chi connectivity index (χ3v) is 4.42. The fourth-order valence-corrected chi connectivity index (χ4v) is 3.07. The fourth-order valence-electron chi connectivity index (χ4n) is 3.07. The molecule has 1 aliphatic rings. The monoisotopic (exact) mass is 324 g/mol. The quantitative estimate of drug-likeness (QED) is 0.842. The third-order valence-electron chi connectivity index (χ3n) is 4.42. The van der Waals surface area contributed by atoms with Gasteiger partial charge in [0.25, 0.3) is 0 Å². The number of piperidine rings is 1. The molecule has 0 aliphatic carbocycles. The maximum absolute atomic E-state index is 12.2. The van der Waals surface area contributed by atoms with E-state index in [2.05, 4.69) is 48.7 Å². The summed E-state index contributed by atoms with van der Waals surface area (Å²) in [5.41, 5.74) is 1.27. The molecule has 1 heterocycles. The summed E-state index contributed by atoms with van der Waals surface area (Å²) >= 11 is 0. The summed E-state index contributed by atoms with van der Waals surface area (Å²) in [4.78, 5) is 12.2. The summed E-state index contributed by atoms with van der Waals surface area (Å²) in [6, 6.07) is 10.4. The van der Waals surface area contributed by atoms with E-state index in [9.17, 15) is 4.79 Å². The summed E-state index contributed by atoms with van der Waals surface area (Å²) in [5.74, 6) is 1.55. The first-order valence-electron chi connectivity index (χ1n) is 8.19. The summed E-state index contributed by atoms with van der Waals surface area (Å²) in [6.07, 6.45) is 3.03. The van der Waals surface area contributed by atoms with Gasteiger partial charge in [-0.05, 0) is 49.2 Å². The van der Waals surface area contributed by atoms with Crippen LogP contribution in [0.15, 0.2) is 30.3 Å². The summed E-state index contributed by atoms with van der Waals surface area (Å²) in [7, 11) is 0. The smallest absolute Gasteiger partial charge is 0.220 e. The van der Waals surface area contributed by atoms with Crippen LogP contribution in [0.4, 0.5) is 0 Å². The minimum absolute atomic E-state index is 0. The molecule has 0 bridgehead atoms. The van der Waals surface area contributed by atoms with Crippen LogP contribution in [0, 0.1) is 11.8 Å². The van der Waals surface area contributed by atoms with Crippen molar-refractivity contribution in [2.24, 2.45) is 11.8 Å². The van der Waals surface area contributed by atoms with Crippen molar-refractivity contribution in [2.45, 2.75) is 39.0 Å². The molecule has 1 saturated heterocycles. The van der Waals surface area contributed by atoms with Crippen molar-refractivity contribution in [1.82, 2.24) is 10.6 Å². The van der Waals surface area contributed by atoms with Crippen molar-refractivity contribution >= 4 is 18.3 Å². The van der Waals surface area contributed by atoms with E-state index in [1.807, 2.05) is 6.07 Å². The molecule has 1 aromatic carbocycles. The van der Waals surface area contributed by atoms with Crippen LogP contribution in [-0.4, -0.2) is 25.5 Å². The maximum Gasteiger partial charge on any atom is 0.220 e. The number of benzene rings is 1. The van der Waals surface area contributed by atoms with E-state index in [-0.39, 0.29) is 18.3 Å². The Bertz CT molecular complexity index is 430. The summed E-state index contributed by atoms with van der Waals surface area (Å²) < 4.78 is 0. The fraction of sp³-hybridized carbons (Fsp3) is 0.611. The zero-order valence-corrected chi connectivity index (χ0v) is 14.5. The van der Waals surface area contributed by atoms with Crippen LogP contribution in [0.1, 0.15) is 44.6 Å². The lowest BCUT2D eigenvalue weighted by molar-refractivity contribution is -0.121. The normalized spacial score (nSPS) is 19.3. The molecule has 2 N–H and O–H groups in total. The second kappa shape index (κ2) is 9.86. The highest BCUT2D eigenvalue weighted by molar-refractivity contribution is 5.85. The molecule has 4 heteroatoms. The second-order valence-corrected chi connectivity index (χ2v) is 6.48. The van der Waals surface area contributed by atoms with Gasteiger partial charge in [-0.1, -0.05) is 44.2 Å². The lowest BCUT2D eigenvalue weighted by Gasteiger charge is -2.24. The summed E-state index contributed by atoms with van der Waals surface area (Å²) in [5, 5.41) is 6.52. The Hall–Kier alpha value is -1.06. The second-order valence-electron chi connectivity index (χ2n) is 6.48. The van der Waals surface area contributed by atoms with Gasteiger partial charge in [0, 0.05) is 13.0 Å². The van der Waals surface area contributed by atoms with E-state index in [1.54, 1.807) is 0 Å². The highest BCUT2D eigenvalue weighted by atomic mass is 35.5. The van der Waals surface area contributed by atoms with Gasteiger partial charge < -0.3 is 10.6 Å². The number of hydrogen-bond acceptors (Lipinski definition) is 2. The number of carbonyl (C=O) groups is 1. The molecule has 124 valence electrons. The predicted molar refractivity (Wildman–Crippen MR) is 94.5 cm³/mol. The first kappa shape index (κ1) is 19.0. The van der Waals surface area contributed by atoms with Crippen LogP contribution in [-0.2, 0) is 4.79 Å². The number of hydrogen-bond donors (Lipinski definition) is 2. The molecular formula is C18H29ClN2O. The van der Waals surface area contributed by atoms with E-state index in [4.69, 9.17) is 0 Å². The average molecular weight is 325 g/mol. The predicted octanol–water partition coefficient (Wildman–Crippen LogP) is 3.35. The molecule has 1 aromatic rings. The Labute approximate surface area is 140 Å². The average Bonchev–Trinajstić information content (AvgIpc) is 2.52. The van der Waals surface area contributed by atoms with Gasteiger partial charge >= 0.3 is 0 Å². The number of carbonyl (C=O) groups excluding carboxylic acids is 1. The van der Waals surface area contributed by atoms with E-state index in [0.717, 1.165) is 19.6 Å². The number of rotatable bonds is 6. The van der Waals surface area contributed by atoms with Crippen LogP contribution >= 0.6 is 12.4 Å². The Morgan fingerprint density at radius 2 is 2.05 bits per heavy atom. The lowest BCUT2D eigenvalue weighted by atomic mass is 9.85. The minimum Gasteiger partial charge on any atom is -0.356 e. The zero-order valence-electron chi connectivity index (χ0n) is 13.7. The van der Waals surface area contributed by atoms with Gasteiger partial charge in [0.05, 0.1) is 0 Å². The van der Waals surface area contributed by atoms with E-state index >= 15 is 0 Å². The molecule has 2 atom stereocenters. The topological polar surface area (TPSA) is 41.1 Å². The Morgan fingerprint density at radius 3 is 2.64 bits per heavy atom.